The number of carbonyl (C=O) groups excluding carboxylic acids is 2. The van der Waals surface area contributed by atoms with Crippen molar-refractivity contribution >= 4 is 23.0 Å². The lowest BCUT2D eigenvalue weighted by Crippen LogP contribution is -2.39. The second-order valence-electron chi connectivity index (χ2n) is 5.47. The third-order valence-corrected chi connectivity index (χ3v) is 3.73. The molecule has 2 aromatic carbocycles. The first kappa shape index (κ1) is 18.2. The van der Waals surface area contributed by atoms with Crippen molar-refractivity contribution in [1.29, 1.82) is 0 Å². The summed E-state index contributed by atoms with van der Waals surface area (Å²) >= 11 is 0. The highest BCUT2D eigenvalue weighted by atomic mass is 19.1. The maximum absolute atomic E-state index is 13.7. The van der Waals surface area contributed by atoms with Gasteiger partial charge in [-0.3, -0.25) is 0 Å². The predicted octanol–water partition coefficient (Wildman–Crippen LogP) is 2.54. The Morgan fingerprint density at radius 3 is 2.52 bits per heavy atom. The molecule has 27 heavy (non-hydrogen) atoms. The molecule has 1 heterocycles. The van der Waals surface area contributed by atoms with Gasteiger partial charge in [0.25, 0.3) is 0 Å². The normalized spacial score (nSPS) is 10.6. The lowest BCUT2D eigenvalue weighted by molar-refractivity contribution is -0.581. The summed E-state index contributed by atoms with van der Waals surface area (Å²) in [6.07, 6.45) is 0. The molecule has 0 saturated carbocycles. The van der Waals surface area contributed by atoms with Gasteiger partial charge in [0.1, 0.15) is 17.9 Å². The van der Waals surface area contributed by atoms with Crippen LogP contribution in [0.15, 0.2) is 48.5 Å². The first-order valence-electron chi connectivity index (χ1n) is 8.13. The van der Waals surface area contributed by atoms with Crippen LogP contribution in [-0.2, 0) is 16.1 Å². The highest BCUT2D eigenvalue weighted by molar-refractivity contribution is 5.90. The fourth-order valence-corrected chi connectivity index (χ4v) is 2.51. The predicted molar refractivity (Wildman–Crippen MR) is 92.2 cm³/mol. The Hall–Kier alpha value is -3.55. The van der Waals surface area contributed by atoms with E-state index in [2.05, 4.69) is 4.98 Å². The standard InChI is InChI=1S/C19H15FN2O5/c1-2-26-19(24)17-15(21-14-9-5-6-10-16(14)22(17)25)11-27-18(23)12-7-3-4-8-13(12)20/h3-10H,2,11H2,1H3. The van der Waals surface area contributed by atoms with Crippen molar-refractivity contribution in [2.75, 3.05) is 6.61 Å². The van der Waals surface area contributed by atoms with Crippen LogP contribution in [-0.4, -0.2) is 23.5 Å². The SMILES string of the molecule is CCOC(=O)c1c(COC(=O)c2ccccc2F)nc2ccccc2[n+]1[O-]. The van der Waals surface area contributed by atoms with E-state index in [1.165, 1.54) is 24.3 Å². The van der Waals surface area contributed by atoms with Gasteiger partial charge in [-0.2, -0.15) is 4.73 Å². The van der Waals surface area contributed by atoms with E-state index < -0.39 is 24.4 Å². The molecule has 7 nitrogen and oxygen atoms in total. The molecule has 0 aliphatic carbocycles. The van der Waals surface area contributed by atoms with Crippen LogP contribution >= 0.6 is 0 Å². The van der Waals surface area contributed by atoms with E-state index in [4.69, 9.17) is 9.47 Å². The van der Waals surface area contributed by atoms with Gasteiger partial charge >= 0.3 is 17.6 Å². The minimum absolute atomic E-state index is 0.0557. The zero-order valence-electron chi connectivity index (χ0n) is 14.3. The van der Waals surface area contributed by atoms with Crippen molar-refractivity contribution in [3.8, 4) is 0 Å². The van der Waals surface area contributed by atoms with Gasteiger partial charge in [0.05, 0.1) is 12.2 Å². The summed E-state index contributed by atoms with van der Waals surface area (Å²) in [6, 6.07) is 11.7. The van der Waals surface area contributed by atoms with Crippen LogP contribution in [0.2, 0.25) is 0 Å². The number of nitrogens with zero attached hydrogens (tertiary/aromatic N) is 2. The summed E-state index contributed by atoms with van der Waals surface area (Å²) in [5, 5.41) is 12.6. The molecular weight excluding hydrogens is 355 g/mol. The monoisotopic (exact) mass is 370 g/mol. The van der Waals surface area contributed by atoms with E-state index in [0.29, 0.717) is 10.2 Å². The number of carbonyl (C=O) groups is 2. The maximum Gasteiger partial charge on any atom is 0.407 e. The van der Waals surface area contributed by atoms with Crippen molar-refractivity contribution in [2.24, 2.45) is 0 Å². The number of hydrogen-bond donors (Lipinski definition) is 0. The summed E-state index contributed by atoms with van der Waals surface area (Å²) in [5.41, 5.74) is -0.225. The third-order valence-electron chi connectivity index (χ3n) is 3.73. The minimum Gasteiger partial charge on any atom is -0.618 e. The van der Waals surface area contributed by atoms with Crippen molar-refractivity contribution in [2.45, 2.75) is 13.5 Å². The Balaban J connectivity index is 1.97. The number of aromatic nitrogens is 2. The summed E-state index contributed by atoms with van der Waals surface area (Å²) in [5.74, 6) is -2.56. The van der Waals surface area contributed by atoms with Crippen molar-refractivity contribution in [3.63, 3.8) is 0 Å². The van der Waals surface area contributed by atoms with Gasteiger partial charge in [0, 0.05) is 6.07 Å². The Bertz CT molecular complexity index is 1020. The Kier molecular flexibility index (Phi) is 5.25. The molecule has 0 radical (unpaired) electrons. The van der Waals surface area contributed by atoms with E-state index in [-0.39, 0.29) is 29.1 Å². The minimum atomic E-state index is -0.935. The second kappa shape index (κ2) is 7.77. The molecule has 0 unspecified atom stereocenters. The molecule has 0 saturated heterocycles. The van der Waals surface area contributed by atoms with Crippen molar-refractivity contribution in [1.82, 2.24) is 4.98 Å². The Morgan fingerprint density at radius 2 is 1.78 bits per heavy atom. The first-order chi connectivity index (χ1) is 13.0. The van der Waals surface area contributed by atoms with E-state index in [0.717, 1.165) is 6.07 Å². The fourth-order valence-electron chi connectivity index (χ4n) is 2.51. The quantitative estimate of drug-likeness (QED) is 0.389. The highest BCUT2D eigenvalue weighted by Crippen LogP contribution is 2.15. The summed E-state index contributed by atoms with van der Waals surface area (Å²) < 4.78 is 24.1. The molecule has 0 N–H and O–H groups in total. The van der Waals surface area contributed by atoms with E-state index in [9.17, 15) is 19.2 Å². The van der Waals surface area contributed by atoms with Gasteiger partial charge in [-0.1, -0.05) is 24.3 Å². The second-order valence-corrected chi connectivity index (χ2v) is 5.47. The van der Waals surface area contributed by atoms with Gasteiger partial charge in [0.15, 0.2) is 5.69 Å². The smallest absolute Gasteiger partial charge is 0.407 e. The average Bonchev–Trinajstić information content (AvgIpc) is 2.66. The van der Waals surface area contributed by atoms with Crippen molar-refractivity contribution < 1.29 is 28.2 Å². The zero-order chi connectivity index (χ0) is 19.4. The lowest BCUT2D eigenvalue weighted by Gasteiger charge is -2.11. The number of halogens is 1. The van der Waals surface area contributed by atoms with Crippen LogP contribution in [0.5, 0.6) is 0 Å². The number of rotatable bonds is 5. The van der Waals surface area contributed by atoms with Crippen LogP contribution in [0.1, 0.15) is 33.5 Å². The molecule has 0 fully saturated rings. The van der Waals surface area contributed by atoms with E-state index in [1.54, 1.807) is 25.1 Å². The molecule has 0 aliphatic heterocycles. The van der Waals surface area contributed by atoms with Gasteiger partial charge < -0.3 is 14.7 Å². The summed E-state index contributed by atoms with van der Waals surface area (Å²) in [7, 11) is 0. The molecule has 0 spiro atoms. The van der Waals surface area contributed by atoms with Gasteiger partial charge in [0.2, 0.25) is 5.52 Å². The Morgan fingerprint density at radius 1 is 1.07 bits per heavy atom. The van der Waals surface area contributed by atoms with Gasteiger partial charge in [-0.05, 0) is 25.1 Å². The molecule has 3 rings (SSSR count). The molecule has 8 heteroatoms. The van der Waals surface area contributed by atoms with Crippen LogP contribution in [0.3, 0.4) is 0 Å². The molecule has 1 aromatic heterocycles. The molecule has 0 aliphatic rings. The Labute approximate surface area is 153 Å². The fraction of sp³-hybridized carbons (Fsp3) is 0.158. The van der Waals surface area contributed by atoms with Crippen LogP contribution in [0.4, 0.5) is 4.39 Å². The molecule has 3 aromatic rings. The largest absolute Gasteiger partial charge is 0.618 e. The summed E-state index contributed by atoms with van der Waals surface area (Å²) in [6.45, 7) is 1.16. The topological polar surface area (TPSA) is 92.4 Å². The number of para-hydroxylation sites is 2. The van der Waals surface area contributed by atoms with Crippen LogP contribution < -0.4 is 4.73 Å². The van der Waals surface area contributed by atoms with E-state index in [1.807, 2.05) is 0 Å². The molecule has 0 atom stereocenters. The molecule has 138 valence electrons. The van der Waals surface area contributed by atoms with Crippen molar-refractivity contribution in [3.05, 3.63) is 76.5 Å². The zero-order valence-corrected chi connectivity index (χ0v) is 14.3. The van der Waals surface area contributed by atoms with Crippen LogP contribution in [0.25, 0.3) is 11.0 Å². The number of hydrogen-bond acceptors (Lipinski definition) is 6. The lowest BCUT2D eigenvalue weighted by atomic mass is 10.2. The number of fused-ring (bicyclic) bond motifs is 1. The average molecular weight is 370 g/mol. The number of esters is 2. The number of benzene rings is 2. The van der Waals surface area contributed by atoms with E-state index >= 15 is 0 Å². The molecular formula is C19H15FN2O5. The first-order valence-corrected chi connectivity index (χ1v) is 8.13. The highest BCUT2D eigenvalue weighted by Gasteiger charge is 2.28. The van der Waals surface area contributed by atoms with Gasteiger partial charge in [-0.25, -0.2) is 19.0 Å². The third kappa shape index (κ3) is 3.69. The summed E-state index contributed by atoms with van der Waals surface area (Å²) in [4.78, 5) is 28.6. The molecule has 0 amide bonds. The maximum atomic E-state index is 13.7. The van der Waals surface area contributed by atoms with Crippen LogP contribution in [0, 0.1) is 11.0 Å². The molecule has 0 bridgehead atoms. The van der Waals surface area contributed by atoms with Gasteiger partial charge in [-0.15, -0.1) is 0 Å². The number of ether oxygens (including phenoxy) is 2.